The second kappa shape index (κ2) is 6.00. The number of rotatable bonds is 4. The molecule has 1 amide bonds. The van der Waals surface area contributed by atoms with Gasteiger partial charge >= 0.3 is 5.76 Å². The highest BCUT2D eigenvalue weighted by molar-refractivity contribution is 5.97. The van der Waals surface area contributed by atoms with E-state index in [2.05, 4.69) is 5.32 Å². The maximum Gasteiger partial charge on any atom is 0.419 e. The molecule has 0 bridgehead atoms. The van der Waals surface area contributed by atoms with Crippen LogP contribution in [0.1, 0.15) is 15.9 Å². The van der Waals surface area contributed by atoms with E-state index in [0.29, 0.717) is 23.2 Å². The first-order valence-corrected chi connectivity index (χ1v) is 7.09. The van der Waals surface area contributed by atoms with Gasteiger partial charge in [0.05, 0.1) is 12.6 Å². The number of oxazole rings is 1. The van der Waals surface area contributed by atoms with E-state index in [1.165, 1.54) is 4.57 Å². The van der Waals surface area contributed by atoms with E-state index in [1.54, 1.807) is 32.4 Å². The molecule has 0 unspecified atom stereocenters. The summed E-state index contributed by atoms with van der Waals surface area (Å²) >= 11 is 0. The predicted octanol–water partition coefficient (Wildman–Crippen LogP) is 2.07. The predicted molar refractivity (Wildman–Crippen MR) is 85.6 cm³/mol. The van der Waals surface area contributed by atoms with Gasteiger partial charge in [-0.15, -0.1) is 0 Å². The Morgan fingerprint density at radius 2 is 1.96 bits per heavy atom. The third kappa shape index (κ3) is 2.96. The van der Waals surface area contributed by atoms with Gasteiger partial charge in [-0.1, -0.05) is 12.1 Å². The van der Waals surface area contributed by atoms with Gasteiger partial charge in [0, 0.05) is 19.2 Å². The molecule has 0 saturated heterocycles. The van der Waals surface area contributed by atoms with Crippen molar-refractivity contribution < 1.29 is 13.9 Å². The summed E-state index contributed by atoms with van der Waals surface area (Å²) in [5, 5.41) is 2.85. The quantitative estimate of drug-likeness (QED) is 0.800. The number of carbonyl (C=O) groups excluding carboxylic acids is 1. The van der Waals surface area contributed by atoms with Gasteiger partial charge in [0.15, 0.2) is 5.58 Å². The third-order valence-electron chi connectivity index (χ3n) is 3.67. The molecule has 1 aromatic heterocycles. The Hall–Kier alpha value is -3.02. The number of nitrogens with zero attached hydrogens (tertiary/aromatic N) is 1. The molecule has 0 fully saturated rings. The number of aromatic nitrogens is 1. The Morgan fingerprint density at radius 1 is 1.22 bits per heavy atom. The number of aryl methyl sites for hydroxylation is 1. The van der Waals surface area contributed by atoms with Crippen molar-refractivity contribution in [1.82, 2.24) is 9.88 Å². The highest BCUT2D eigenvalue weighted by Gasteiger charge is 2.11. The molecule has 0 atom stereocenters. The minimum atomic E-state index is -0.448. The van der Waals surface area contributed by atoms with Gasteiger partial charge in [0.1, 0.15) is 5.75 Å². The van der Waals surface area contributed by atoms with Gasteiger partial charge in [0.25, 0.3) is 5.91 Å². The van der Waals surface area contributed by atoms with Crippen LogP contribution in [0, 0.1) is 0 Å². The lowest BCUT2D eigenvalue weighted by Gasteiger charge is -2.06. The number of methoxy groups -OCH3 is 1. The maximum atomic E-state index is 12.2. The van der Waals surface area contributed by atoms with E-state index in [4.69, 9.17) is 9.15 Å². The second-order valence-corrected chi connectivity index (χ2v) is 5.14. The molecule has 6 heteroatoms. The maximum absolute atomic E-state index is 12.2. The first-order valence-electron chi connectivity index (χ1n) is 7.09. The van der Waals surface area contributed by atoms with E-state index < -0.39 is 5.76 Å². The first kappa shape index (κ1) is 14.9. The van der Waals surface area contributed by atoms with E-state index in [1.807, 2.05) is 24.3 Å². The number of hydrogen-bond acceptors (Lipinski definition) is 4. The molecule has 0 spiro atoms. The van der Waals surface area contributed by atoms with Crippen molar-refractivity contribution in [1.29, 1.82) is 0 Å². The Morgan fingerprint density at radius 3 is 2.65 bits per heavy atom. The van der Waals surface area contributed by atoms with Crippen molar-refractivity contribution in [2.45, 2.75) is 6.54 Å². The molecule has 0 aliphatic heterocycles. The number of carbonyl (C=O) groups is 1. The summed E-state index contributed by atoms with van der Waals surface area (Å²) < 4.78 is 11.5. The van der Waals surface area contributed by atoms with Gasteiger partial charge in [0.2, 0.25) is 0 Å². The number of nitrogens with one attached hydrogen (secondary N) is 1. The van der Waals surface area contributed by atoms with Crippen LogP contribution in [0.3, 0.4) is 0 Å². The first-order chi connectivity index (χ1) is 11.1. The number of hydrogen-bond donors (Lipinski definition) is 1. The summed E-state index contributed by atoms with van der Waals surface area (Å²) in [6.45, 7) is 0.408. The fourth-order valence-electron chi connectivity index (χ4n) is 2.30. The van der Waals surface area contributed by atoms with Crippen LogP contribution < -0.4 is 15.8 Å². The summed E-state index contributed by atoms with van der Waals surface area (Å²) in [7, 11) is 3.21. The molecule has 0 saturated carbocycles. The van der Waals surface area contributed by atoms with E-state index in [9.17, 15) is 9.59 Å². The normalized spacial score (nSPS) is 10.7. The van der Waals surface area contributed by atoms with Gasteiger partial charge in [-0.25, -0.2) is 4.79 Å². The Labute approximate surface area is 132 Å². The zero-order chi connectivity index (χ0) is 16.4. The molecule has 3 rings (SSSR count). The summed E-state index contributed by atoms with van der Waals surface area (Å²) in [5.74, 6) is 0.110. The lowest BCUT2D eigenvalue weighted by Crippen LogP contribution is -2.22. The fraction of sp³-hybridized carbons (Fsp3) is 0.176. The third-order valence-corrected chi connectivity index (χ3v) is 3.67. The van der Waals surface area contributed by atoms with Crippen LogP contribution in [0.4, 0.5) is 0 Å². The molecule has 23 heavy (non-hydrogen) atoms. The highest BCUT2D eigenvalue weighted by atomic mass is 16.5. The minimum absolute atomic E-state index is 0.212. The van der Waals surface area contributed by atoms with E-state index in [-0.39, 0.29) is 5.91 Å². The smallest absolute Gasteiger partial charge is 0.419 e. The Kier molecular flexibility index (Phi) is 3.89. The van der Waals surface area contributed by atoms with E-state index in [0.717, 1.165) is 11.3 Å². The van der Waals surface area contributed by atoms with Gasteiger partial charge in [-0.2, -0.15) is 0 Å². The summed E-state index contributed by atoms with van der Waals surface area (Å²) in [4.78, 5) is 23.7. The van der Waals surface area contributed by atoms with Gasteiger partial charge in [-0.05, 0) is 35.9 Å². The fourth-order valence-corrected chi connectivity index (χ4v) is 2.30. The average Bonchev–Trinajstić information content (AvgIpc) is 2.87. The minimum Gasteiger partial charge on any atom is -0.497 e. The zero-order valence-electron chi connectivity index (χ0n) is 12.8. The number of benzene rings is 2. The van der Waals surface area contributed by atoms with Crippen LogP contribution in [0.25, 0.3) is 11.1 Å². The summed E-state index contributed by atoms with van der Waals surface area (Å²) in [6.07, 6.45) is 0. The molecule has 6 nitrogen and oxygen atoms in total. The molecular weight excluding hydrogens is 296 g/mol. The monoisotopic (exact) mass is 312 g/mol. The van der Waals surface area contributed by atoms with Crippen molar-refractivity contribution in [3.05, 3.63) is 64.1 Å². The zero-order valence-corrected chi connectivity index (χ0v) is 12.8. The van der Waals surface area contributed by atoms with Crippen molar-refractivity contribution in [2.75, 3.05) is 7.11 Å². The van der Waals surface area contributed by atoms with E-state index >= 15 is 0 Å². The van der Waals surface area contributed by atoms with Crippen LogP contribution in [0.15, 0.2) is 51.7 Å². The molecule has 0 aliphatic rings. The molecule has 118 valence electrons. The molecule has 1 heterocycles. The lowest BCUT2D eigenvalue weighted by atomic mass is 10.1. The number of fused-ring (bicyclic) bond motifs is 1. The van der Waals surface area contributed by atoms with Gasteiger partial charge in [-0.3, -0.25) is 9.36 Å². The lowest BCUT2D eigenvalue weighted by molar-refractivity contribution is 0.0951. The van der Waals surface area contributed by atoms with Crippen LogP contribution in [-0.2, 0) is 13.6 Å². The highest BCUT2D eigenvalue weighted by Crippen LogP contribution is 2.15. The van der Waals surface area contributed by atoms with Gasteiger partial charge < -0.3 is 14.5 Å². The molecule has 2 aromatic carbocycles. The van der Waals surface area contributed by atoms with Crippen LogP contribution in [0.5, 0.6) is 5.75 Å². The summed E-state index contributed by atoms with van der Waals surface area (Å²) in [5.41, 5.74) is 2.50. The SMILES string of the molecule is COc1ccc(CNC(=O)c2ccc3oc(=O)n(C)c3c2)cc1. The van der Waals surface area contributed by atoms with Crippen molar-refractivity contribution in [3.8, 4) is 5.75 Å². The van der Waals surface area contributed by atoms with Crippen LogP contribution in [-0.4, -0.2) is 17.6 Å². The Balaban J connectivity index is 1.74. The number of amides is 1. The van der Waals surface area contributed by atoms with Crippen LogP contribution in [0.2, 0.25) is 0 Å². The standard InChI is InChI=1S/C17H16N2O4/c1-19-14-9-12(5-8-15(14)23-17(19)21)16(20)18-10-11-3-6-13(22-2)7-4-11/h3-9H,10H2,1-2H3,(H,18,20). The second-order valence-electron chi connectivity index (χ2n) is 5.14. The number of ether oxygens (including phenoxy) is 1. The molecule has 3 aromatic rings. The average molecular weight is 312 g/mol. The topological polar surface area (TPSA) is 73.5 Å². The molecule has 0 aliphatic carbocycles. The summed E-state index contributed by atoms with van der Waals surface area (Å²) in [6, 6.07) is 12.4. The van der Waals surface area contributed by atoms with Crippen molar-refractivity contribution >= 4 is 17.0 Å². The largest absolute Gasteiger partial charge is 0.497 e. The van der Waals surface area contributed by atoms with Crippen molar-refractivity contribution in [3.63, 3.8) is 0 Å². The molecule has 0 radical (unpaired) electrons. The van der Waals surface area contributed by atoms with Crippen LogP contribution >= 0.6 is 0 Å². The molecule has 1 N–H and O–H groups in total. The molecular formula is C17H16N2O4. The van der Waals surface area contributed by atoms with Crippen molar-refractivity contribution in [2.24, 2.45) is 7.05 Å². The Bertz CT molecular complexity index is 906.